The SMILES string of the molecule is CCCCCCCCCCCCCCCCCC(=O)OCC(COP(=O)(O)OCCNC(=O)CCSSCCC(=O)NCCOP(=O)(O)OCC(COC(=O)CCCCCCCCCCCCC)OC(=O)CCCCCCCCCCCCC)OC(=O)CCCCCCCCCCCCCCCCC. The Bertz CT molecular complexity index is 2100. The fourth-order valence-corrected chi connectivity index (χ4v) is 15.6. The summed E-state index contributed by atoms with van der Waals surface area (Å²) in [5.41, 5.74) is 0. The van der Waals surface area contributed by atoms with Crippen molar-refractivity contribution in [1.29, 1.82) is 0 Å². The lowest BCUT2D eigenvalue weighted by Gasteiger charge is -2.20. The molecule has 0 rings (SSSR count). The third kappa shape index (κ3) is 76.5. The maximum atomic E-state index is 13.0. The molecule has 0 saturated heterocycles. The molecule has 0 aromatic carbocycles. The lowest BCUT2D eigenvalue weighted by molar-refractivity contribution is -0.161. The summed E-state index contributed by atoms with van der Waals surface area (Å²) >= 11 is 0. The summed E-state index contributed by atoms with van der Waals surface area (Å²) in [4.78, 5) is 97.4. The highest BCUT2D eigenvalue weighted by Gasteiger charge is 2.28. The molecule has 0 saturated carbocycles. The van der Waals surface area contributed by atoms with E-state index in [1.165, 1.54) is 253 Å². The van der Waals surface area contributed by atoms with Gasteiger partial charge in [-0.15, -0.1) is 0 Å². The molecule has 24 heteroatoms. The minimum atomic E-state index is -4.67. The van der Waals surface area contributed by atoms with Gasteiger partial charge in [0.1, 0.15) is 13.2 Å². The third-order valence-electron chi connectivity index (χ3n) is 18.5. The van der Waals surface area contributed by atoms with Crippen LogP contribution in [0.2, 0.25) is 0 Å². The van der Waals surface area contributed by atoms with Crippen LogP contribution in [0, 0.1) is 0 Å². The second-order valence-corrected chi connectivity index (χ2v) is 34.2. The molecule has 4 N–H and O–H groups in total. The summed E-state index contributed by atoms with van der Waals surface area (Å²) in [5.74, 6) is -1.75. The molecule has 0 aromatic heterocycles. The Balaban J connectivity index is 4.80. The lowest BCUT2D eigenvalue weighted by atomic mass is 10.0. The van der Waals surface area contributed by atoms with Crippen LogP contribution in [0.3, 0.4) is 0 Å². The van der Waals surface area contributed by atoms with E-state index in [0.29, 0.717) is 37.2 Å². The van der Waals surface area contributed by atoms with Crippen LogP contribution in [-0.2, 0) is 74.9 Å². The first kappa shape index (κ1) is 102. The highest BCUT2D eigenvalue weighted by atomic mass is 33.1. The molecule has 4 atom stereocenters. The number of unbranched alkanes of at least 4 members (excludes halogenated alkanes) is 48. The molecule has 104 heavy (non-hydrogen) atoms. The maximum absolute atomic E-state index is 13.0. The predicted octanol–water partition coefficient (Wildman–Crippen LogP) is 22.5. The van der Waals surface area contributed by atoms with Gasteiger partial charge in [-0.2, -0.15) is 0 Å². The Labute approximate surface area is 641 Å². The largest absolute Gasteiger partial charge is 0.472 e. The summed E-state index contributed by atoms with van der Waals surface area (Å²) in [6.07, 6.45) is 59.9. The highest BCUT2D eigenvalue weighted by Crippen LogP contribution is 2.44. The zero-order valence-electron chi connectivity index (χ0n) is 66.4. The summed E-state index contributed by atoms with van der Waals surface area (Å²) in [5, 5.41) is 5.26. The first-order valence-electron chi connectivity index (χ1n) is 42.3. The van der Waals surface area contributed by atoms with Crippen molar-refractivity contribution in [3.63, 3.8) is 0 Å². The molecule has 0 aliphatic carbocycles. The van der Waals surface area contributed by atoms with Crippen molar-refractivity contribution in [2.45, 2.75) is 412 Å². The number of ether oxygens (including phenoxy) is 4. The second-order valence-electron chi connectivity index (χ2n) is 28.6. The van der Waals surface area contributed by atoms with Crippen molar-refractivity contribution in [3.8, 4) is 0 Å². The topological polar surface area (TPSA) is 275 Å². The zero-order chi connectivity index (χ0) is 76.2. The van der Waals surface area contributed by atoms with E-state index >= 15 is 0 Å². The molecule has 0 radical (unpaired) electrons. The molecule has 0 aromatic rings. The van der Waals surface area contributed by atoms with Gasteiger partial charge in [-0.25, -0.2) is 9.13 Å². The van der Waals surface area contributed by atoms with Crippen LogP contribution in [-0.4, -0.2) is 122 Å². The molecule has 614 valence electrons. The van der Waals surface area contributed by atoms with Gasteiger partial charge in [0.15, 0.2) is 12.2 Å². The van der Waals surface area contributed by atoms with Crippen LogP contribution < -0.4 is 10.6 Å². The van der Waals surface area contributed by atoms with Gasteiger partial charge in [0.2, 0.25) is 11.8 Å². The molecule has 2 amide bonds. The minimum absolute atomic E-state index is 0.0902. The molecule has 0 aliphatic rings. The molecule has 0 aliphatic heterocycles. The fourth-order valence-electron chi connectivity index (χ4n) is 12.1. The first-order chi connectivity index (χ1) is 50.6. The van der Waals surface area contributed by atoms with Crippen molar-refractivity contribution in [2.24, 2.45) is 0 Å². The van der Waals surface area contributed by atoms with Crippen molar-refractivity contribution in [2.75, 3.05) is 64.2 Å². The normalized spacial score (nSPS) is 13.2. The molecule has 4 unspecified atom stereocenters. The quantitative estimate of drug-likeness (QED) is 0.0145. The molecular formula is C80H154N2O18P2S2. The van der Waals surface area contributed by atoms with Gasteiger partial charge >= 0.3 is 39.5 Å². The van der Waals surface area contributed by atoms with Crippen LogP contribution in [0.1, 0.15) is 400 Å². The maximum Gasteiger partial charge on any atom is 0.472 e. The number of amides is 2. The van der Waals surface area contributed by atoms with Crippen LogP contribution in [0.5, 0.6) is 0 Å². The first-order valence-corrected chi connectivity index (χ1v) is 47.8. The van der Waals surface area contributed by atoms with Gasteiger partial charge in [0.25, 0.3) is 0 Å². The number of carbonyl (C=O) groups is 6. The zero-order valence-corrected chi connectivity index (χ0v) is 69.8. The van der Waals surface area contributed by atoms with Gasteiger partial charge in [-0.1, -0.05) is 357 Å². The Morgan fingerprint density at radius 3 is 0.731 bits per heavy atom. The number of phosphoric ester groups is 2. The number of nitrogens with one attached hydrogen (secondary N) is 2. The van der Waals surface area contributed by atoms with E-state index in [9.17, 15) is 47.7 Å². The fraction of sp³-hybridized carbons (Fsp3) is 0.925. The van der Waals surface area contributed by atoms with E-state index in [0.717, 1.165) is 77.0 Å². The van der Waals surface area contributed by atoms with Crippen LogP contribution >= 0.6 is 37.2 Å². The molecule has 0 spiro atoms. The van der Waals surface area contributed by atoms with Gasteiger partial charge in [-0.3, -0.25) is 46.9 Å². The van der Waals surface area contributed by atoms with Crippen molar-refractivity contribution in [1.82, 2.24) is 10.6 Å². The van der Waals surface area contributed by atoms with E-state index in [2.05, 4.69) is 38.3 Å². The smallest absolute Gasteiger partial charge is 0.462 e. The highest BCUT2D eigenvalue weighted by molar-refractivity contribution is 8.76. The third-order valence-corrected chi connectivity index (χ3v) is 22.9. The summed E-state index contributed by atoms with van der Waals surface area (Å²) in [6.45, 7) is 6.28. The van der Waals surface area contributed by atoms with E-state index in [1.54, 1.807) is 0 Å². The number of hydrogen-bond acceptors (Lipinski definition) is 18. The van der Waals surface area contributed by atoms with E-state index in [1.807, 2.05) is 0 Å². The Morgan fingerprint density at radius 1 is 0.288 bits per heavy atom. The van der Waals surface area contributed by atoms with Crippen LogP contribution in [0.4, 0.5) is 0 Å². The molecule has 20 nitrogen and oxygen atoms in total. The number of esters is 4. The average Bonchev–Trinajstić information content (AvgIpc) is 0.943. The molecule has 0 fully saturated rings. The number of hydrogen-bond donors (Lipinski definition) is 4. The molecule has 0 bridgehead atoms. The monoisotopic (exact) mass is 1560 g/mol. The van der Waals surface area contributed by atoms with E-state index in [4.69, 9.17) is 37.0 Å². The molecular weight excluding hydrogens is 1400 g/mol. The second kappa shape index (κ2) is 77.5. The van der Waals surface area contributed by atoms with E-state index in [-0.39, 0.29) is 89.9 Å². The number of carbonyl (C=O) groups excluding carboxylic acids is 6. The number of rotatable bonds is 83. The minimum Gasteiger partial charge on any atom is -0.462 e. The van der Waals surface area contributed by atoms with Gasteiger partial charge in [0.05, 0.1) is 26.4 Å². The van der Waals surface area contributed by atoms with Gasteiger partial charge < -0.3 is 39.4 Å². The Morgan fingerprint density at radius 2 is 0.500 bits per heavy atom. The predicted molar refractivity (Wildman–Crippen MR) is 427 cm³/mol. The van der Waals surface area contributed by atoms with Crippen molar-refractivity contribution >= 4 is 72.9 Å². The number of phosphoric acid groups is 2. The van der Waals surface area contributed by atoms with Crippen molar-refractivity contribution < 1.29 is 84.7 Å². The van der Waals surface area contributed by atoms with E-state index < -0.39 is 64.9 Å². The van der Waals surface area contributed by atoms with Gasteiger partial charge in [-0.05, 0) is 25.7 Å². The summed E-state index contributed by atoms with van der Waals surface area (Å²) < 4.78 is 68.5. The lowest BCUT2D eigenvalue weighted by Crippen LogP contribution is -2.30. The Hall–Kier alpha value is -2.26. The van der Waals surface area contributed by atoms with Crippen LogP contribution in [0.15, 0.2) is 0 Å². The summed E-state index contributed by atoms with van der Waals surface area (Å²) in [6, 6.07) is 0. The Kier molecular flexibility index (Phi) is 75.8. The summed E-state index contributed by atoms with van der Waals surface area (Å²) in [7, 11) is -6.58. The van der Waals surface area contributed by atoms with Gasteiger partial charge in [0, 0.05) is 63.1 Å². The van der Waals surface area contributed by atoms with Crippen LogP contribution in [0.25, 0.3) is 0 Å². The average molecular weight is 1560 g/mol. The molecule has 0 heterocycles. The van der Waals surface area contributed by atoms with Crippen molar-refractivity contribution in [3.05, 3.63) is 0 Å². The standard InChI is InChI=1S/C80H154N2O18P2S2/c1-5-9-13-17-21-25-29-31-33-35-39-42-46-50-54-58-78(86)94-70-74(100-80(88)60-56-52-48-44-40-36-34-32-30-26-22-18-14-10-6-2)72-98-102(91,92)96-66-64-82-76(84)62-68-104-103-67-61-75(83)81-63-65-95-101(89,90)97-71-73(99-79(87)59-55-51-47-43-38-28-24-20-16-12-8-4)69-93-77(85)57-53-49-45-41-37-27-23-19-15-11-7-3/h73-74H,5-72H2,1-4H3,(H,81,83)(H,82,84)(H,89,90)(H,91,92).